The van der Waals surface area contributed by atoms with Crippen LogP contribution in [0.2, 0.25) is 0 Å². The monoisotopic (exact) mass is 389 g/mol. The van der Waals surface area contributed by atoms with Gasteiger partial charge in [0.05, 0.1) is 16.8 Å². The summed E-state index contributed by atoms with van der Waals surface area (Å²) in [5.74, 6) is 0. The largest absolute Gasteiger partial charge is 0.418 e. The SMILES string of the molecule is FC(F)(F)c1cccc2cc3c(-c4ccccc4)nn(-c4ccccc4)c3nc12. The highest BCUT2D eigenvalue weighted by molar-refractivity contribution is 6.00. The molecule has 0 aliphatic heterocycles. The Balaban J connectivity index is 1.90. The van der Waals surface area contributed by atoms with Gasteiger partial charge in [0.25, 0.3) is 0 Å². The lowest BCUT2D eigenvalue weighted by atomic mass is 10.1. The first-order valence-electron chi connectivity index (χ1n) is 9.03. The average Bonchev–Trinajstić information content (AvgIpc) is 3.11. The van der Waals surface area contributed by atoms with Gasteiger partial charge in [-0.1, -0.05) is 60.7 Å². The van der Waals surface area contributed by atoms with Crippen LogP contribution >= 0.6 is 0 Å². The number of hydrogen-bond donors (Lipinski definition) is 0. The van der Waals surface area contributed by atoms with E-state index in [9.17, 15) is 13.2 Å². The minimum atomic E-state index is -4.49. The minimum Gasteiger partial charge on any atom is -0.227 e. The van der Waals surface area contributed by atoms with Gasteiger partial charge >= 0.3 is 6.18 Å². The van der Waals surface area contributed by atoms with E-state index in [0.717, 1.165) is 17.3 Å². The normalized spacial score (nSPS) is 12.0. The van der Waals surface area contributed by atoms with Gasteiger partial charge in [-0.05, 0) is 24.3 Å². The van der Waals surface area contributed by atoms with Gasteiger partial charge in [0, 0.05) is 16.3 Å². The maximum Gasteiger partial charge on any atom is 0.418 e. The number of aromatic nitrogens is 3. The predicted octanol–water partition coefficient (Wildman–Crippen LogP) is 6.26. The molecule has 0 aliphatic carbocycles. The molecule has 0 fully saturated rings. The summed E-state index contributed by atoms with van der Waals surface area (Å²) in [5, 5.41) is 5.85. The van der Waals surface area contributed by atoms with Crippen LogP contribution in [0.3, 0.4) is 0 Å². The Bertz CT molecular complexity index is 1320. The molecule has 3 aromatic carbocycles. The Morgan fingerprint density at radius 1 is 0.759 bits per heavy atom. The maximum atomic E-state index is 13.5. The summed E-state index contributed by atoms with van der Waals surface area (Å²) >= 11 is 0. The van der Waals surface area contributed by atoms with E-state index in [0.29, 0.717) is 22.1 Å². The molecule has 0 saturated carbocycles. The van der Waals surface area contributed by atoms with E-state index in [1.165, 1.54) is 6.07 Å². The summed E-state index contributed by atoms with van der Waals surface area (Å²) < 4.78 is 42.2. The lowest BCUT2D eigenvalue weighted by molar-refractivity contribution is -0.136. The third kappa shape index (κ3) is 2.93. The first kappa shape index (κ1) is 17.4. The number of para-hydroxylation sites is 2. The molecule has 0 N–H and O–H groups in total. The summed E-state index contributed by atoms with van der Waals surface area (Å²) in [6.07, 6.45) is -4.49. The molecule has 0 unspecified atom stereocenters. The van der Waals surface area contributed by atoms with Gasteiger partial charge < -0.3 is 0 Å². The lowest BCUT2D eigenvalue weighted by Crippen LogP contribution is -2.07. The van der Waals surface area contributed by atoms with E-state index in [4.69, 9.17) is 5.10 Å². The van der Waals surface area contributed by atoms with Crippen LogP contribution in [-0.4, -0.2) is 14.8 Å². The molecular weight excluding hydrogens is 375 g/mol. The number of nitrogens with zero attached hydrogens (tertiary/aromatic N) is 3. The molecule has 0 bridgehead atoms. The number of pyridine rings is 1. The Kier molecular flexibility index (Phi) is 3.87. The van der Waals surface area contributed by atoms with Gasteiger partial charge in [-0.3, -0.25) is 0 Å². The van der Waals surface area contributed by atoms with Crippen molar-refractivity contribution in [2.45, 2.75) is 6.18 Å². The summed E-state index contributed by atoms with van der Waals surface area (Å²) in [6, 6.07) is 24.7. The van der Waals surface area contributed by atoms with Crippen molar-refractivity contribution in [3.05, 3.63) is 90.5 Å². The fourth-order valence-electron chi connectivity index (χ4n) is 3.51. The van der Waals surface area contributed by atoms with Gasteiger partial charge in [-0.15, -0.1) is 0 Å². The second kappa shape index (κ2) is 6.44. The van der Waals surface area contributed by atoms with E-state index in [-0.39, 0.29) is 5.52 Å². The molecule has 142 valence electrons. The molecular formula is C23H14F3N3. The summed E-state index contributed by atoms with van der Waals surface area (Å²) in [6.45, 7) is 0. The average molecular weight is 389 g/mol. The van der Waals surface area contributed by atoms with Crippen LogP contribution < -0.4 is 0 Å². The molecule has 3 nitrogen and oxygen atoms in total. The fraction of sp³-hybridized carbons (Fsp3) is 0.0435. The molecule has 0 atom stereocenters. The molecule has 6 heteroatoms. The molecule has 0 spiro atoms. The molecule has 2 aromatic heterocycles. The van der Waals surface area contributed by atoms with Crippen molar-refractivity contribution in [2.75, 3.05) is 0 Å². The molecule has 0 aliphatic rings. The van der Waals surface area contributed by atoms with Crippen LogP contribution in [0.5, 0.6) is 0 Å². The number of halogens is 3. The van der Waals surface area contributed by atoms with Crippen LogP contribution in [0, 0.1) is 0 Å². The zero-order chi connectivity index (χ0) is 20.0. The van der Waals surface area contributed by atoms with Gasteiger partial charge in [-0.2, -0.15) is 18.3 Å². The van der Waals surface area contributed by atoms with E-state index < -0.39 is 11.7 Å². The second-order valence-corrected chi connectivity index (χ2v) is 6.70. The van der Waals surface area contributed by atoms with Crippen LogP contribution in [0.25, 0.3) is 38.9 Å². The summed E-state index contributed by atoms with van der Waals surface area (Å²) in [5.41, 5.74) is 1.84. The van der Waals surface area contributed by atoms with Crippen molar-refractivity contribution < 1.29 is 13.2 Å². The Hall–Kier alpha value is -3.67. The molecule has 0 radical (unpaired) electrons. The Labute approximate surface area is 164 Å². The first-order chi connectivity index (χ1) is 14.0. The quantitative estimate of drug-likeness (QED) is 0.357. The van der Waals surface area contributed by atoms with Crippen molar-refractivity contribution in [3.8, 4) is 16.9 Å². The lowest BCUT2D eigenvalue weighted by Gasteiger charge is -2.10. The standard InChI is InChI=1S/C23H14F3N3/c24-23(25,26)19-13-7-10-16-14-18-20(15-8-3-1-4-9-15)28-29(22(18)27-21(16)19)17-11-5-2-6-12-17/h1-14H. The van der Waals surface area contributed by atoms with Gasteiger partial charge in [0.2, 0.25) is 0 Å². The van der Waals surface area contributed by atoms with Crippen LogP contribution in [0.15, 0.2) is 84.9 Å². The number of fused-ring (bicyclic) bond motifs is 2. The zero-order valence-electron chi connectivity index (χ0n) is 15.1. The molecule has 0 amide bonds. The highest BCUT2D eigenvalue weighted by Crippen LogP contribution is 2.37. The van der Waals surface area contributed by atoms with E-state index in [1.807, 2.05) is 60.7 Å². The van der Waals surface area contributed by atoms with Crippen molar-refractivity contribution in [1.82, 2.24) is 14.8 Å². The molecule has 29 heavy (non-hydrogen) atoms. The second-order valence-electron chi connectivity index (χ2n) is 6.70. The molecule has 2 heterocycles. The van der Waals surface area contributed by atoms with Gasteiger partial charge in [0.15, 0.2) is 5.65 Å². The van der Waals surface area contributed by atoms with Crippen molar-refractivity contribution >= 4 is 21.9 Å². The highest BCUT2D eigenvalue weighted by atomic mass is 19.4. The van der Waals surface area contributed by atoms with E-state index in [2.05, 4.69) is 4.98 Å². The van der Waals surface area contributed by atoms with Gasteiger partial charge in [-0.25, -0.2) is 9.67 Å². The number of hydrogen-bond acceptors (Lipinski definition) is 2. The minimum absolute atomic E-state index is 0.0795. The van der Waals surface area contributed by atoms with E-state index in [1.54, 1.807) is 16.8 Å². The smallest absolute Gasteiger partial charge is 0.227 e. The highest BCUT2D eigenvalue weighted by Gasteiger charge is 2.33. The fourth-order valence-corrected chi connectivity index (χ4v) is 3.51. The van der Waals surface area contributed by atoms with Crippen LogP contribution in [0.4, 0.5) is 13.2 Å². The predicted molar refractivity (Wildman–Crippen MR) is 107 cm³/mol. The third-order valence-corrected chi connectivity index (χ3v) is 4.83. The van der Waals surface area contributed by atoms with Crippen molar-refractivity contribution in [1.29, 1.82) is 0 Å². The number of rotatable bonds is 2. The van der Waals surface area contributed by atoms with Crippen molar-refractivity contribution in [3.63, 3.8) is 0 Å². The molecule has 0 saturated heterocycles. The molecule has 5 rings (SSSR count). The van der Waals surface area contributed by atoms with Crippen molar-refractivity contribution in [2.24, 2.45) is 0 Å². The number of benzene rings is 3. The zero-order valence-corrected chi connectivity index (χ0v) is 15.1. The van der Waals surface area contributed by atoms with Crippen LogP contribution in [-0.2, 0) is 6.18 Å². The molecule has 5 aromatic rings. The Morgan fingerprint density at radius 2 is 1.45 bits per heavy atom. The van der Waals surface area contributed by atoms with Crippen LogP contribution in [0.1, 0.15) is 5.56 Å². The number of alkyl halides is 3. The summed E-state index contributed by atoms with van der Waals surface area (Å²) in [7, 11) is 0. The first-order valence-corrected chi connectivity index (χ1v) is 9.03. The van der Waals surface area contributed by atoms with Gasteiger partial charge in [0.1, 0.15) is 5.69 Å². The van der Waals surface area contributed by atoms with E-state index >= 15 is 0 Å². The third-order valence-electron chi connectivity index (χ3n) is 4.83. The maximum absolute atomic E-state index is 13.5. The Morgan fingerprint density at radius 3 is 2.14 bits per heavy atom. The topological polar surface area (TPSA) is 30.7 Å². The summed E-state index contributed by atoms with van der Waals surface area (Å²) in [4.78, 5) is 4.45.